The van der Waals surface area contributed by atoms with Gasteiger partial charge in [0.15, 0.2) is 23.0 Å². The zero-order valence-electron chi connectivity index (χ0n) is 18.0. The third-order valence-electron chi connectivity index (χ3n) is 9.07. The average Bonchev–Trinajstić information content (AvgIpc) is 3.03. The molecule has 4 nitrogen and oxygen atoms in total. The summed E-state index contributed by atoms with van der Waals surface area (Å²) in [6, 6.07) is 0. The molecule has 0 unspecified atom stereocenters. The Morgan fingerprint density at radius 1 is 1.17 bits per heavy atom. The lowest BCUT2D eigenvalue weighted by molar-refractivity contribution is -0.210. The van der Waals surface area contributed by atoms with Crippen molar-refractivity contribution in [3.8, 4) is 0 Å². The molecule has 158 valence electrons. The summed E-state index contributed by atoms with van der Waals surface area (Å²) in [6.45, 7) is 10.0. The lowest BCUT2D eigenvalue weighted by atomic mass is 9.48. The van der Waals surface area contributed by atoms with Crippen LogP contribution in [0.1, 0.15) is 66.7 Å². The van der Waals surface area contributed by atoms with Crippen LogP contribution in [0, 0.1) is 28.6 Å². The molecule has 0 radical (unpaired) electrons. The van der Waals surface area contributed by atoms with Crippen molar-refractivity contribution in [3.63, 3.8) is 0 Å². The molecular formula is C24H31ClO4. The van der Waals surface area contributed by atoms with Crippen molar-refractivity contribution < 1.29 is 19.1 Å². The molecule has 0 aromatic heterocycles. The zero-order valence-corrected chi connectivity index (χ0v) is 18.8. The normalized spacial score (nSPS) is 50.1. The van der Waals surface area contributed by atoms with E-state index in [1.54, 1.807) is 13.0 Å². The van der Waals surface area contributed by atoms with Gasteiger partial charge in [-0.15, -0.1) is 0 Å². The molecule has 0 N–H and O–H groups in total. The summed E-state index contributed by atoms with van der Waals surface area (Å²) >= 11 is 6.78. The lowest BCUT2D eigenvalue weighted by Gasteiger charge is -2.57. The topological polar surface area (TPSA) is 52.6 Å². The number of carbonyl (C=O) groups excluding carboxylic acids is 2. The van der Waals surface area contributed by atoms with Gasteiger partial charge < -0.3 is 9.47 Å². The van der Waals surface area contributed by atoms with E-state index in [9.17, 15) is 9.59 Å². The van der Waals surface area contributed by atoms with Crippen LogP contribution in [0.15, 0.2) is 22.8 Å². The summed E-state index contributed by atoms with van der Waals surface area (Å²) < 4.78 is 12.8. The number of hydrogen-bond acceptors (Lipinski definition) is 4. The smallest absolute Gasteiger partial charge is 0.164 e. The highest BCUT2D eigenvalue weighted by molar-refractivity contribution is 6.32. The molecule has 5 heteroatoms. The number of ketones is 2. The van der Waals surface area contributed by atoms with Crippen molar-refractivity contribution in [3.05, 3.63) is 22.8 Å². The van der Waals surface area contributed by atoms with Gasteiger partial charge in [-0.2, -0.15) is 0 Å². The van der Waals surface area contributed by atoms with E-state index in [0.29, 0.717) is 12.3 Å². The van der Waals surface area contributed by atoms with Crippen LogP contribution in [0.25, 0.3) is 0 Å². The molecule has 5 aliphatic rings. The first-order valence-corrected chi connectivity index (χ1v) is 11.3. The summed E-state index contributed by atoms with van der Waals surface area (Å²) in [5, 5.41) is 0.724. The molecule has 1 aliphatic heterocycles. The molecule has 0 spiro atoms. The van der Waals surface area contributed by atoms with Crippen molar-refractivity contribution in [2.24, 2.45) is 28.6 Å². The van der Waals surface area contributed by atoms with E-state index < -0.39 is 11.4 Å². The lowest BCUT2D eigenvalue weighted by Crippen LogP contribution is -2.59. The van der Waals surface area contributed by atoms with Crippen LogP contribution in [-0.4, -0.2) is 29.1 Å². The van der Waals surface area contributed by atoms with Gasteiger partial charge in [0.05, 0.1) is 6.10 Å². The highest BCUT2D eigenvalue weighted by atomic mass is 35.5. The van der Waals surface area contributed by atoms with Crippen molar-refractivity contribution in [2.45, 2.75) is 84.2 Å². The van der Waals surface area contributed by atoms with E-state index >= 15 is 0 Å². The molecule has 1 saturated heterocycles. The summed E-state index contributed by atoms with van der Waals surface area (Å²) in [4.78, 5) is 25.1. The second-order valence-corrected chi connectivity index (χ2v) is 11.2. The van der Waals surface area contributed by atoms with Crippen LogP contribution in [0.5, 0.6) is 0 Å². The summed E-state index contributed by atoms with van der Waals surface area (Å²) in [5.74, 6) is 0.492. The predicted octanol–water partition coefficient (Wildman–Crippen LogP) is 4.95. The minimum absolute atomic E-state index is 0.0756. The highest BCUT2D eigenvalue weighted by Gasteiger charge is 2.75. The number of rotatable bonds is 1. The third-order valence-corrected chi connectivity index (χ3v) is 9.40. The van der Waals surface area contributed by atoms with Crippen LogP contribution in [0.2, 0.25) is 0 Å². The van der Waals surface area contributed by atoms with E-state index in [0.717, 1.165) is 36.3 Å². The van der Waals surface area contributed by atoms with Crippen LogP contribution in [0.4, 0.5) is 0 Å². The van der Waals surface area contributed by atoms with Crippen LogP contribution in [-0.2, 0) is 19.1 Å². The van der Waals surface area contributed by atoms with Gasteiger partial charge in [-0.1, -0.05) is 31.5 Å². The van der Waals surface area contributed by atoms with Gasteiger partial charge in [-0.3, -0.25) is 9.59 Å². The van der Waals surface area contributed by atoms with Crippen LogP contribution in [0.3, 0.4) is 0 Å². The number of Topliss-reactive ketones (excluding diaryl/α,β-unsaturated/α-hetero) is 1. The second-order valence-electron chi connectivity index (χ2n) is 10.8. The minimum Gasteiger partial charge on any atom is -0.344 e. The third kappa shape index (κ3) is 2.34. The summed E-state index contributed by atoms with van der Waals surface area (Å²) in [7, 11) is 0. The van der Waals surface area contributed by atoms with Crippen molar-refractivity contribution in [2.75, 3.05) is 0 Å². The molecule has 0 aromatic carbocycles. The van der Waals surface area contributed by atoms with E-state index in [4.69, 9.17) is 21.1 Å². The van der Waals surface area contributed by atoms with Crippen molar-refractivity contribution in [1.82, 2.24) is 0 Å². The Bertz CT molecular complexity index is 872. The van der Waals surface area contributed by atoms with Crippen LogP contribution < -0.4 is 0 Å². The quantitative estimate of drug-likeness (QED) is 0.604. The fourth-order valence-corrected chi connectivity index (χ4v) is 8.24. The molecule has 3 fully saturated rings. The molecular weight excluding hydrogens is 388 g/mol. The highest BCUT2D eigenvalue weighted by Crippen LogP contribution is 2.70. The first kappa shape index (κ1) is 20.0. The molecule has 0 amide bonds. The molecule has 7 atom stereocenters. The van der Waals surface area contributed by atoms with E-state index in [-0.39, 0.29) is 40.3 Å². The Kier molecular flexibility index (Phi) is 4.02. The van der Waals surface area contributed by atoms with Crippen LogP contribution >= 0.6 is 11.6 Å². The van der Waals surface area contributed by atoms with Crippen molar-refractivity contribution in [1.29, 1.82) is 0 Å². The first-order chi connectivity index (χ1) is 13.4. The molecule has 0 aromatic rings. The molecule has 29 heavy (non-hydrogen) atoms. The monoisotopic (exact) mass is 418 g/mol. The van der Waals surface area contributed by atoms with Gasteiger partial charge in [0, 0.05) is 16.9 Å². The SMILES string of the molecule is CC(=O)[C@@]12OC(C)(C)O[C@H]1C[C@H]1[C@@H]3C=C(Cl)C4=CC(=O)CC[C@]4(C)[C@H]3CC[C@@]12C. The maximum Gasteiger partial charge on any atom is 0.164 e. The Balaban J connectivity index is 1.61. The van der Waals surface area contributed by atoms with Gasteiger partial charge in [0.2, 0.25) is 0 Å². The van der Waals surface area contributed by atoms with Gasteiger partial charge in [-0.25, -0.2) is 0 Å². The Morgan fingerprint density at radius 3 is 2.59 bits per heavy atom. The predicted molar refractivity (Wildman–Crippen MR) is 110 cm³/mol. The van der Waals surface area contributed by atoms with Gasteiger partial charge in [-0.05, 0) is 81.3 Å². The fourth-order valence-electron chi connectivity index (χ4n) is 7.83. The molecule has 5 rings (SSSR count). The number of ether oxygens (including phenoxy) is 2. The standard InChI is InChI=1S/C24H31ClO4/c1-13(26)24-20(28-21(2,3)29-24)12-17-15-11-19(25)18-10-14(27)6-8-22(18,4)16(15)7-9-23(17,24)5/h10-11,15-17,20H,6-9,12H2,1-5H3/t15-,16+,17+,20+,22-,23+,24-/m1/s1. The first-order valence-electron chi connectivity index (χ1n) is 11.0. The maximum atomic E-state index is 13.1. The van der Waals surface area contributed by atoms with E-state index in [2.05, 4.69) is 19.9 Å². The Hall–Kier alpha value is -0.970. The molecule has 0 bridgehead atoms. The van der Waals surface area contributed by atoms with Crippen molar-refractivity contribution >= 4 is 23.2 Å². The summed E-state index contributed by atoms with van der Waals surface area (Å²) in [5.41, 5.74) is -0.220. The second kappa shape index (κ2) is 5.83. The van der Waals surface area contributed by atoms with Gasteiger partial charge in [0.25, 0.3) is 0 Å². The number of halogens is 1. The molecule has 1 heterocycles. The summed E-state index contributed by atoms with van der Waals surface area (Å²) in [6.07, 6.45) is 7.94. The maximum absolute atomic E-state index is 13.1. The Morgan fingerprint density at radius 2 is 1.90 bits per heavy atom. The number of carbonyl (C=O) groups is 2. The molecule has 2 saturated carbocycles. The number of allylic oxidation sites excluding steroid dienone is 4. The molecule has 4 aliphatic carbocycles. The van der Waals surface area contributed by atoms with E-state index in [1.165, 1.54) is 0 Å². The van der Waals surface area contributed by atoms with Gasteiger partial charge in [0.1, 0.15) is 0 Å². The minimum atomic E-state index is -0.883. The zero-order chi connectivity index (χ0) is 21.0. The number of fused-ring (bicyclic) bond motifs is 7. The average molecular weight is 419 g/mol. The largest absolute Gasteiger partial charge is 0.344 e. The number of hydrogen-bond donors (Lipinski definition) is 0. The Labute approximate surface area is 178 Å². The fraction of sp³-hybridized carbons (Fsp3) is 0.750. The van der Waals surface area contributed by atoms with E-state index in [1.807, 2.05) is 13.8 Å². The van der Waals surface area contributed by atoms with Gasteiger partial charge >= 0.3 is 0 Å².